The van der Waals surface area contributed by atoms with Crippen molar-refractivity contribution in [2.45, 2.75) is 52.2 Å². The first kappa shape index (κ1) is 12.8. The second-order valence-electron chi connectivity index (χ2n) is 5.93. The monoisotopic (exact) mass is 263 g/mol. The molecule has 1 aromatic rings. The molecule has 1 aromatic heterocycles. The van der Waals surface area contributed by atoms with Gasteiger partial charge >= 0.3 is 0 Å². The number of anilines is 2. The third-order valence-corrected chi connectivity index (χ3v) is 4.65. The summed E-state index contributed by atoms with van der Waals surface area (Å²) in [5, 5.41) is 4.56. The number of hydrogen-bond acceptors (Lipinski definition) is 4. The highest BCUT2D eigenvalue weighted by Gasteiger charge is 2.36. The maximum absolute atomic E-state index is 6.27. The lowest BCUT2D eigenvalue weighted by atomic mass is 10.1. The van der Waals surface area contributed by atoms with Gasteiger partial charge in [-0.05, 0) is 40.2 Å². The van der Waals surface area contributed by atoms with Crippen molar-refractivity contribution in [1.29, 1.82) is 0 Å². The van der Waals surface area contributed by atoms with Crippen molar-refractivity contribution in [1.82, 2.24) is 14.7 Å². The fraction of sp³-hybridized carbons (Fsp3) is 0.786. The topological polar surface area (TPSA) is 50.3 Å². The van der Waals surface area contributed by atoms with Gasteiger partial charge in [0.05, 0.1) is 11.4 Å². The normalized spacial score (nSPS) is 27.8. The summed E-state index contributed by atoms with van der Waals surface area (Å²) in [6.45, 7) is 10.8. The van der Waals surface area contributed by atoms with Crippen molar-refractivity contribution in [3.8, 4) is 0 Å². The van der Waals surface area contributed by atoms with Crippen molar-refractivity contribution in [3.05, 3.63) is 5.69 Å². The lowest BCUT2D eigenvalue weighted by molar-refractivity contribution is 0.201. The van der Waals surface area contributed by atoms with Crippen LogP contribution in [-0.2, 0) is 6.54 Å². The van der Waals surface area contributed by atoms with Crippen LogP contribution in [0.25, 0.3) is 0 Å². The molecule has 3 rings (SSSR count). The molecule has 0 spiro atoms. The van der Waals surface area contributed by atoms with Crippen LogP contribution in [0, 0.1) is 6.92 Å². The van der Waals surface area contributed by atoms with E-state index in [9.17, 15) is 0 Å². The molecule has 0 aromatic carbocycles. The number of aryl methyl sites for hydroxylation is 2. The van der Waals surface area contributed by atoms with Crippen molar-refractivity contribution in [3.63, 3.8) is 0 Å². The van der Waals surface area contributed by atoms with E-state index in [4.69, 9.17) is 5.73 Å². The van der Waals surface area contributed by atoms with E-state index in [2.05, 4.69) is 33.4 Å². The molecular formula is C14H25N5. The Balaban J connectivity index is 1.92. The molecule has 0 amide bonds. The molecule has 2 saturated heterocycles. The number of nitrogen functional groups attached to an aromatic ring is 1. The third-order valence-electron chi connectivity index (χ3n) is 4.65. The second-order valence-corrected chi connectivity index (χ2v) is 5.93. The molecule has 2 atom stereocenters. The first-order valence-corrected chi connectivity index (χ1v) is 7.45. The summed E-state index contributed by atoms with van der Waals surface area (Å²) in [5.74, 6) is 1.14. The Morgan fingerprint density at radius 3 is 2.89 bits per heavy atom. The van der Waals surface area contributed by atoms with Crippen molar-refractivity contribution >= 4 is 11.5 Å². The maximum atomic E-state index is 6.27. The molecule has 5 nitrogen and oxygen atoms in total. The summed E-state index contributed by atoms with van der Waals surface area (Å²) in [6, 6.07) is 1.22. The summed E-state index contributed by atoms with van der Waals surface area (Å²) >= 11 is 0. The van der Waals surface area contributed by atoms with Gasteiger partial charge in [0.15, 0.2) is 5.82 Å². The number of hydrogen-bond donors (Lipinski definition) is 1. The van der Waals surface area contributed by atoms with Gasteiger partial charge in [-0.3, -0.25) is 4.90 Å². The highest BCUT2D eigenvalue weighted by atomic mass is 15.4. The van der Waals surface area contributed by atoms with Gasteiger partial charge in [0.2, 0.25) is 0 Å². The van der Waals surface area contributed by atoms with Crippen LogP contribution in [-0.4, -0.2) is 46.4 Å². The zero-order chi connectivity index (χ0) is 13.6. The second kappa shape index (κ2) is 4.71. The van der Waals surface area contributed by atoms with Crippen LogP contribution in [0.1, 0.15) is 32.4 Å². The third kappa shape index (κ3) is 2.00. The Labute approximate surface area is 115 Å². The van der Waals surface area contributed by atoms with E-state index >= 15 is 0 Å². The average molecular weight is 263 g/mol. The molecule has 5 heteroatoms. The lowest BCUT2D eigenvalue weighted by Gasteiger charge is -2.43. The van der Waals surface area contributed by atoms with E-state index in [1.165, 1.54) is 19.4 Å². The van der Waals surface area contributed by atoms with Crippen molar-refractivity contribution in [2.75, 3.05) is 30.3 Å². The first-order valence-electron chi connectivity index (χ1n) is 7.45. The van der Waals surface area contributed by atoms with Gasteiger partial charge in [-0.25, -0.2) is 4.68 Å². The van der Waals surface area contributed by atoms with Crippen LogP contribution < -0.4 is 10.6 Å². The predicted octanol–water partition coefficient (Wildman–Crippen LogP) is 1.47. The highest BCUT2D eigenvalue weighted by Crippen LogP contribution is 2.33. The molecule has 3 heterocycles. The Bertz CT molecular complexity index is 467. The van der Waals surface area contributed by atoms with Crippen molar-refractivity contribution < 1.29 is 0 Å². The number of aromatic nitrogens is 2. The minimum absolute atomic E-state index is 0.512. The Hall–Kier alpha value is -1.23. The van der Waals surface area contributed by atoms with Crippen LogP contribution in [0.4, 0.5) is 11.5 Å². The van der Waals surface area contributed by atoms with E-state index < -0.39 is 0 Å². The molecule has 0 bridgehead atoms. The molecule has 19 heavy (non-hydrogen) atoms. The van der Waals surface area contributed by atoms with E-state index in [-0.39, 0.29) is 0 Å². The molecule has 2 aliphatic heterocycles. The lowest BCUT2D eigenvalue weighted by Crippen LogP contribution is -2.55. The van der Waals surface area contributed by atoms with Crippen LogP contribution in [0.3, 0.4) is 0 Å². The summed E-state index contributed by atoms with van der Waals surface area (Å²) in [5.41, 5.74) is 8.09. The smallest absolute Gasteiger partial charge is 0.150 e. The zero-order valence-electron chi connectivity index (χ0n) is 12.3. The van der Waals surface area contributed by atoms with E-state index in [1.54, 1.807) is 0 Å². The minimum Gasteiger partial charge on any atom is -0.394 e. The Morgan fingerprint density at radius 1 is 1.37 bits per heavy atom. The van der Waals surface area contributed by atoms with Crippen LogP contribution >= 0.6 is 0 Å². The zero-order valence-corrected chi connectivity index (χ0v) is 12.3. The fourth-order valence-corrected chi connectivity index (χ4v) is 3.59. The molecule has 2 N–H and O–H groups in total. The summed E-state index contributed by atoms with van der Waals surface area (Å²) in [4.78, 5) is 5.11. The van der Waals surface area contributed by atoms with Gasteiger partial charge in [-0.1, -0.05) is 0 Å². The molecule has 0 aliphatic carbocycles. The SMILES string of the molecule is CCn1nc(C)c(N)c1N1CC2CCCN2CC1C. The van der Waals surface area contributed by atoms with E-state index in [0.29, 0.717) is 12.1 Å². The minimum atomic E-state index is 0.512. The van der Waals surface area contributed by atoms with E-state index in [0.717, 1.165) is 36.8 Å². The standard InChI is InChI=1S/C14H25N5/c1-4-19-14(13(15)11(3)16-19)18-9-12-6-5-7-17(12)8-10(18)2/h10,12H,4-9,15H2,1-3H3. The molecule has 2 unspecified atom stereocenters. The number of piperazine rings is 1. The largest absolute Gasteiger partial charge is 0.394 e. The fourth-order valence-electron chi connectivity index (χ4n) is 3.59. The molecule has 0 saturated carbocycles. The number of fused-ring (bicyclic) bond motifs is 1. The molecule has 0 radical (unpaired) electrons. The van der Waals surface area contributed by atoms with Gasteiger partial charge in [0, 0.05) is 31.7 Å². The summed E-state index contributed by atoms with van der Waals surface area (Å²) < 4.78 is 2.06. The van der Waals surface area contributed by atoms with Gasteiger partial charge < -0.3 is 10.6 Å². The Morgan fingerprint density at radius 2 is 2.16 bits per heavy atom. The molecule has 2 fully saturated rings. The van der Waals surface area contributed by atoms with Crippen LogP contribution in [0.15, 0.2) is 0 Å². The number of rotatable bonds is 2. The van der Waals surface area contributed by atoms with Crippen LogP contribution in [0.5, 0.6) is 0 Å². The van der Waals surface area contributed by atoms with E-state index in [1.807, 2.05) is 6.92 Å². The maximum Gasteiger partial charge on any atom is 0.150 e. The first-order chi connectivity index (χ1) is 9.11. The summed E-state index contributed by atoms with van der Waals surface area (Å²) in [6.07, 6.45) is 2.66. The predicted molar refractivity (Wildman–Crippen MR) is 78.5 cm³/mol. The van der Waals surface area contributed by atoms with Crippen LogP contribution in [0.2, 0.25) is 0 Å². The average Bonchev–Trinajstić information content (AvgIpc) is 2.94. The summed E-state index contributed by atoms with van der Waals surface area (Å²) in [7, 11) is 0. The molecular weight excluding hydrogens is 238 g/mol. The molecule has 2 aliphatic rings. The van der Waals surface area contributed by atoms with Gasteiger partial charge in [-0.15, -0.1) is 0 Å². The van der Waals surface area contributed by atoms with Gasteiger partial charge in [0.25, 0.3) is 0 Å². The number of nitrogens with two attached hydrogens (primary N) is 1. The van der Waals surface area contributed by atoms with Crippen molar-refractivity contribution in [2.24, 2.45) is 0 Å². The van der Waals surface area contributed by atoms with Gasteiger partial charge in [0.1, 0.15) is 0 Å². The Kier molecular flexibility index (Phi) is 3.17. The quantitative estimate of drug-likeness (QED) is 0.878. The highest BCUT2D eigenvalue weighted by molar-refractivity contribution is 5.67. The number of nitrogens with zero attached hydrogens (tertiary/aromatic N) is 4. The molecule has 106 valence electrons. The van der Waals surface area contributed by atoms with Gasteiger partial charge in [-0.2, -0.15) is 5.10 Å².